The molecule has 5 nitrogen and oxygen atoms in total. The minimum absolute atomic E-state index is 0.149. The smallest absolute Gasteiger partial charge is 0.224 e. The first-order valence-electron chi connectivity index (χ1n) is 7.59. The Kier molecular flexibility index (Phi) is 6.97. The second-order valence-electron chi connectivity index (χ2n) is 5.91. The first kappa shape index (κ1) is 16.9. The monoisotopic (exact) mass is 280 g/mol. The van der Waals surface area contributed by atoms with Crippen LogP contribution in [0.2, 0.25) is 0 Å². The van der Waals surface area contributed by atoms with Gasteiger partial charge in [-0.25, -0.2) is 0 Å². The van der Waals surface area contributed by atoms with Crippen LogP contribution >= 0.6 is 0 Å². The number of hydrogen-bond acceptors (Lipinski definition) is 4. The molecule has 114 valence electrons. The van der Waals surface area contributed by atoms with Crippen molar-refractivity contribution in [2.75, 3.05) is 33.7 Å². The zero-order valence-corrected chi connectivity index (χ0v) is 13.0. The van der Waals surface area contributed by atoms with E-state index in [1.165, 1.54) is 0 Å². The van der Waals surface area contributed by atoms with E-state index in [1.807, 2.05) is 14.0 Å². The van der Waals surface area contributed by atoms with Crippen molar-refractivity contribution in [3.63, 3.8) is 0 Å². The molecule has 1 aliphatic rings. The molecule has 0 spiro atoms. The molecule has 0 radical (unpaired) electrons. The van der Waals surface area contributed by atoms with Crippen molar-refractivity contribution in [3.8, 4) is 6.07 Å². The van der Waals surface area contributed by atoms with Crippen molar-refractivity contribution in [2.45, 2.75) is 44.6 Å². The lowest BCUT2D eigenvalue weighted by Crippen LogP contribution is -2.42. The van der Waals surface area contributed by atoms with Crippen molar-refractivity contribution in [3.05, 3.63) is 0 Å². The van der Waals surface area contributed by atoms with Gasteiger partial charge in [0.2, 0.25) is 5.91 Å². The highest BCUT2D eigenvalue weighted by molar-refractivity contribution is 5.78. The van der Waals surface area contributed by atoms with Gasteiger partial charge < -0.3 is 15.5 Å². The topological polar surface area (TPSA) is 68.2 Å². The molecule has 0 aromatic rings. The number of carbonyl (C=O) groups is 1. The molecule has 0 aliphatic carbocycles. The molecule has 5 heteroatoms. The van der Waals surface area contributed by atoms with Gasteiger partial charge in [-0.2, -0.15) is 5.26 Å². The molecule has 2 atom stereocenters. The average molecular weight is 280 g/mol. The number of piperidine rings is 1. The summed E-state index contributed by atoms with van der Waals surface area (Å²) in [6, 6.07) is 2.32. The molecule has 1 aliphatic heterocycles. The average Bonchev–Trinajstić information content (AvgIpc) is 2.50. The Morgan fingerprint density at radius 2 is 2.20 bits per heavy atom. The summed E-state index contributed by atoms with van der Waals surface area (Å²) in [5, 5.41) is 14.9. The highest BCUT2D eigenvalue weighted by Gasteiger charge is 2.25. The Balaban J connectivity index is 2.25. The quantitative estimate of drug-likeness (QED) is 0.686. The van der Waals surface area contributed by atoms with Crippen molar-refractivity contribution < 1.29 is 4.79 Å². The summed E-state index contributed by atoms with van der Waals surface area (Å²) < 4.78 is 0. The number of unbranched alkanes of at least 4 members (excludes halogenated alkanes) is 1. The van der Waals surface area contributed by atoms with E-state index in [0.29, 0.717) is 0 Å². The van der Waals surface area contributed by atoms with E-state index in [-0.39, 0.29) is 11.8 Å². The van der Waals surface area contributed by atoms with E-state index in [4.69, 9.17) is 5.26 Å². The molecule has 0 bridgehead atoms. The van der Waals surface area contributed by atoms with Gasteiger partial charge in [-0.3, -0.25) is 4.79 Å². The fourth-order valence-corrected chi connectivity index (χ4v) is 2.73. The van der Waals surface area contributed by atoms with E-state index in [0.717, 1.165) is 51.7 Å². The maximum atomic E-state index is 11.7. The van der Waals surface area contributed by atoms with Crippen LogP contribution in [0.5, 0.6) is 0 Å². The van der Waals surface area contributed by atoms with Crippen LogP contribution in [-0.2, 0) is 4.79 Å². The summed E-state index contributed by atoms with van der Waals surface area (Å²) >= 11 is 0. The van der Waals surface area contributed by atoms with Crippen LogP contribution in [0.15, 0.2) is 0 Å². The van der Waals surface area contributed by atoms with Gasteiger partial charge in [0.1, 0.15) is 5.54 Å². The van der Waals surface area contributed by atoms with Crippen LogP contribution in [0.25, 0.3) is 0 Å². The SMILES string of the molecule is CNC(=O)C1CCCN(CCCCC(C)(C#N)NC)C1. The molecular weight excluding hydrogens is 252 g/mol. The van der Waals surface area contributed by atoms with Crippen molar-refractivity contribution in [2.24, 2.45) is 5.92 Å². The number of nitrogens with zero attached hydrogens (tertiary/aromatic N) is 2. The zero-order valence-electron chi connectivity index (χ0n) is 13.0. The molecular formula is C15H28N4O. The third-order valence-electron chi connectivity index (χ3n) is 4.32. The molecule has 1 rings (SSSR count). The summed E-state index contributed by atoms with van der Waals surface area (Å²) in [4.78, 5) is 14.1. The summed E-state index contributed by atoms with van der Waals surface area (Å²) in [7, 11) is 3.55. The maximum Gasteiger partial charge on any atom is 0.224 e. The highest BCUT2D eigenvalue weighted by Crippen LogP contribution is 2.18. The normalized spacial score (nSPS) is 22.8. The minimum atomic E-state index is -0.410. The van der Waals surface area contributed by atoms with Gasteiger partial charge in [-0.15, -0.1) is 0 Å². The molecule has 1 saturated heterocycles. The predicted molar refractivity (Wildman–Crippen MR) is 80.2 cm³/mol. The number of likely N-dealkylation sites (tertiary alicyclic amines) is 1. The number of amides is 1. The Labute approximate surface area is 122 Å². The molecule has 1 heterocycles. The summed E-state index contributed by atoms with van der Waals surface area (Å²) in [6.45, 7) is 4.94. The summed E-state index contributed by atoms with van der Waals surface area (Å²) in [5.41, 5.74) is -0.410. The third-order valence-corrected chi connectivity index (χ3v) is 4.32. The van der Waals surface area contributed by atoms with Gasteiger partial charge in [-0.05, 0) is 59.2 Å². The first-order chi connectivity index (χ1) is 9.54. The van der Waals surface area contributed by atoms with Gasteiger partial charge in [0.15, 0.2) is 0 Å². The number of rotatable bonds is 7. The van der Waals surface area contributed by atoms with Crippen LogP contribution in [0.3, 0.4) is 0 Å². The van der Waals surface area contributed by atoms with E-state index in [9.17, 15) is 4.79 Å². The first-order valence-corrected chi connectivity index (χ1v) is 7.59. The zero-order chi connectivity index (χ0) is 15.0. The lowest BCUT2D eigenvalue weighted by molar-refractivity contribution is -0.126. The van der Waals surface area contributed by atoms with Crippen LogP contribution in [0, 0.1) is 17.2 Å². The third kappa shape index (κ3) is 5.10. The second-order valence-corrected chi connectivity index (χ2v) is 5.91. The van der Waals surface area contributed by atoms with Crippen LogP contribution in [0.4, 0.5) is 0 Å². The Morgan fingerprint density at radius 1 is 1.45 bits per heavy atom. The molecule has 0 aromatic carbocycles. The molecule has 1 amide bonds. The Hall–Kier alpha value is -1.12. The van der Waals surface area contributed by atoms with Gasteiger partial charge in [-0.1, -0.05) is 0 Å². The van der Waals surface area contributed by atoms with Crippen molar-refractivity contribution in [1.29, 1.82) is 5.26 Å². The van der Waals surface area contributed by atoms with E-state index in [2.05, 4.69) is 21.6 Å². The second kappa shape index (κ2) is 8.23. The number of carbonyl (C=O) groups excluding carboxylic acids is 1. The minimum Gasteiger partial charge on any atom is -0.359 e. The molecule has 2 N–H and O–H groups in total. The Morgan fingerprint density at radius 3 is 2.80 bits per heavy atom. The number of hydrogen-bond donors (Lipinski definition) is 2. The van der Waals surface area contributed by atoms with Crippen LogP contribution < -0.4 is 10.6 Å². The lowest BCUT2D eigenvalue weighted by Gasteiger charge is -2.32. The highest BCUT2D eigenvalue weighted by atomic mass is 16.1. The molecule has 2 unspecified atom stereocenters. The molecule has 0 saturated carbocycles. The van der Waals surface area contributed by atoms with Crippen LogP contribution in [-0.4, -0.2) is 50.1 Å². The maximum absolute atomic E-state index is 11.7. The fraction of sp³-hybridized carbons (Fsp3) is 0.867. The van der Waals surface area contributed by atoms with E-state index < -0.39 is 5.54 Å². The Bertz CT molecular complexity index is 352. The van der Waals surface area contributed by atoms with Gasteiger partial charge in [0.25, 0.3) is 0 Å². The molecule has 1 fully saturated rings. The fourth-order valence-electron chi connectivity index (χ4n) is 2.73. The number of nitrogens with one attached hydrogen (secondary N) is 2. The van der Waals surface area contributed by atoms with Crippen LogP contribution in [0.1, 0.15) is 39.0 Å². The number of nitriles is 1. The van der Waals surface area contributed by atoms with E-state index >= 15 is 0 Å². The van der Waals surface area contributed by atoms with Crippen molar-refractivity contribution in [1.82, 2.24) is 15.5 Å². The molecule has 20 heavy (non-hydrogen) atoms. The summed E-state index contributed by atoms with van der Waals surface area (Å²) in [5.74, 6) is 0.317. The summed E-state index contributed by atoms with van der Waals surface area (Å²) in [6.07, 6.45) is 5.09. The predicted octanol–water partition coefficient (Wildman–Crippen LogP) is 1.12. The standard InChI is InChI=1S/C15H28N4O/c1-15(12-16,18-3)8-4-5-9-19-10-6-7-13(11-19)14(20)17-2/h13,18H,4-11H2,1-3H3,(H,17,20). The van der Waals surface area contributed by atoms with Crippen molar-refractivity contribution >= 4 is 5.91 Å². The van der Waals surface area contributed by atoms with Gasteiger partial charge >= 0.3 is 0 Å². The van der Waals surface area contributed by atoms with Gasteiger partial charge in [0.05, 0.1) is 12.0 Å². The lowest BCUT2D eigenvalue weighted by atomic mass is 9.95. The van der Waals surface area contributed by atoms with E-state index in [1.54, 1.807) is 7.05 Å². The largest absolute Gasteiger partial charge is 0.359 e. The van der Waals surface area contributed by atoms with Gasteiger partial charge in [0, 0.05) is 13.6 Å². The molecule has 0 aromatic heterocycles.